The lowest BCUT2D eigenvalue weighted by atomic mass is 10.1. The lowest BCUT2D eigenvalue weighted by Crippen LogP contribution is -2.44. The maximum Gasteiger partial charge on any atom is 0.322 e. The van der Waals surface area contributed by atoms with Gasteiger partial charge in [-0.25, -0.2) is 4.79 Å². The number of amides is 3. The average Bonchev–Trinajstić information content (AvgIpc) is 3.20. The van der Waals surface area contributed by atoms with E-state index < -0.39 is 0 Å². The van der Waals surface area contributed by atoms with Crippen molar-refractivity contribution in [1.29, 1.82) is 0 Å². The predicted octanol–water partition coefficient (Wildman–Crippen LogP) is 5.45. The summed E-state index contributed by atoms with van der Waals surface area (Å²) in [4.78, 5) is 29.6. The quantitative estimate of drug-likeness (QED) is 0.445. The molecule has 3 aromatic rings. The highest BCUT2D eigenvalue weighted by Gasteiger charge is 2.22. The second kappa shape index (κ2) is 11.2. The minimum atomic E-state index is -0.339. The van der Waals surface area contributed by atoms with Crippen molar-refractivity contribution in [3.05, 3.63) is 102 Å². The van der Waals surface area contributed by atoms with Gasteiger partial charge in [-0.3, -0.25) is 4.79 Å². The van der Waals surface area contributed by atoms with Gasteiger partial charge in [-0.15, -0.1) is 6.58 Å². The van der Waals surface area contributed by atoms with Gasteiger partial charge in [0.05, 0.1) is 6.54 Å². The SMILES string of the molecule is C=CCN(CC(=O)N(Cc1ccccc1)Cc1ccc(C)o1)C(=O)Nc1c(C)cccc1C. The van der Waals surface area contributed by atoms with E-state index in [1.54, 1.807) is 11.0 Å². The van der Waals surface area contributed by atoms with Crippen molar-refractivity contribution in [2.45, 2.75) is 33.9 Å². The van der Waals surface area contributed by atoms with Crippen molar-refractivity contribution >= 4 is 17.6 Å². The average molecular weight is 446 g/mol. The molecule has 3 rings (SSSR count). The van der Waals surface area contributed by atoms with Crippen molar-refractivity contribution in [1.82, 2.24) is 9.80 Å². The number of anilines is 1. The van der Waals surface area contributed by atoms with Crippen LogP contribution in [0.2, 0.25) is 0 Å². The predicted molar refractivity (Wildman–Crippen MR) is 131 cm³/mol. The lowest BCUT2D eigenvalue weighted by molar-refractivity contribution is -0.133. The topological polar surface area (TPSA) is 65.8 Å². The smallest absolute Gasteiger partial charge is 0.322 e. The highest BCUT2D eigenvalue weighted by molar-refractivity contribution is 5.93. The fourth-order valence-electron chi connectivity index (χ4n) is 3.63. The van der Waals surface area contributed by atoms with Gasteiger partial charge < -0.3 is 19.5 Å². The van der Waals surface area contributed by atoms with Crippen molar-refractivity contribution < 1.29 is 14.0 Å². The molecule has 3 amide bonds. The first-order valence-electron chi connectivity index (χ1n) is 11.0. The fourth-order valence-corrected chi connectivity index (χ4v) is 3.63. The molecule has 0 aliphatic carbocycles. The Hall–Kier alpha value is -3.80. The molecule has 2 aromatic carbocycles. The number of aryl methyl sites for hydroxylation is 3. The van der Waals surface area contributed by atoms with Gasteiger partial charge in [0, 0.05) is 18.8 Å². The van der Waals surface area contributed by atoms with Crippen LogP contribution >= 0.6 is 0 Å². The van der Waals surface area contributed by atoms with Gasteiger partial charge in [0.15, 0.2) is 0 Å². The zero-order chi connectivity index (χ0) is 23.8. The standard InChI is InChI=1S/C27H31N3O3/c1-5-16-29(27(32)28-26-20(2)10-9-11-21(26)3)19-25(31)30(17-23-12-7-6-8-13-23)18-24-15-14-22(4)33-24/h5-15H,1,16-19H2,2-4H3,(H,28,32). The fraction of sp³-hybridized carbons (Fsp3) is 0.259. The Balaban J connectivity index is 1.77. The van der Waals surface area contributed by atoms with E-state index in [-0.39, 0.29) is 25.0 Å². The summed E-state index contributed by atoms with van der Waals surface area (Å²) in [5.41, 5.74) is 3.69. The summed E-state index contributed by atoms with van der Waals surface area (Å²) >= 11 is 0. The number of hydrogen-bond donors (Lipinski definition) is 1. The van der Waals surface area contributed by atoms with Gasteiger partial charge >= 0.3 is 6.03 Å². The molecule has 0 saturated carbocycles. The van der Waals surface area contributed by atoms with E-state index in [2.05, 4.69) is 11.9 Å². The first kappa shape index (κ1) is 23.9. The van der Waals surface area contributed by atoms with Gasteiger partial charge in [0.1, 0.15) is 18.1 Å². The van der Waals surface area contributed by atoms with E-state index in [0.717, 1.165) is 28.1 Å². The number of carbonyl (C=O) groups excluding carboxylic acids is 2. The van der Waals surface area contributed by atoms with Crippen molar-refractivity contribution in [2.24, 2.45) is 0 Å². The van der Waals surface area contributed by atoms with E-state index in [0.29, 0.717) is 18.8 Å². The molecule has 1 heterocycles. The van der Waals surface area contributed by atoms with E-state index in [1.165, 1.54) is 4.90 Å². The Kier molecular flexibility index (Phi) is 8.08. The number of carbonyl (C=O) groups is 2. The number of para-hydroxylation sites is 1. The Labute approximate surface area is 195 Å². The van der Waals surface area contributed by atoms with E-state index in [1.807, 2.05) is 81.4 Å². The molecule has 172 valence electrons. The number of nitrogens with zero attached hydrogens (tertiary/aromatic N) is 2. The van der Waals surface area contributed by atoms with E-state index in [9.17, 15) is 9.59 Å². The molecule has 1 N–H and O–H groups in total. The number of rotatable bonds is 9. The van der Waals surface area contributed by atoms with Crippen molar-refractivity contribution in [3.8, 4) is 0 Å². The van der Waals surface area contributed by atoms with Crippen LogP contribution in [0.3, 0.4) is 0 Å². The lowest BCUT2D eigenvalue weighted by Gasteiger charge is -2.27. The van der Waals surface area contributed by atoms with Crippen LogP contribution in [-0.2, 0) is 17.9 Å². The molecule has 0 bridgehead atoms. The summed E-state index contributed by atoms with van der Waals surface area (Å²) in [6.07, 6.45) is 1.62. The molecule has 0 aliphatic heterocycles. The Morgan fingerprint density at radius 3 is 2.21 bits per heavy atom. The zero-order valence-corrected chi connectivity index (χ0v) is 19.5. The maximum atomic E-state index is 13.4. The summed E-state index contributed by atoms with van der Waals surface area (Å²) in [5, 5.41) is 2.96. The molecule has 0 fully saturated rings. The minimum absolute atomic E-state index is 0.0741. The van der Waals surface area contributed by atoms with Crippen LogP contribution in [0.4, 0.5) is 10.5 Å². The Bertz CT molecular complexity index is 1080. The highest BCUT2D eigenvalue weighted by atomic mass is 16.3. The van der Waals surface area contributed by atoms with Gasteiger partial charge in [-0.05, 0) is 49.6 Å². The Morgan fingerprint density at radius 2 is 1.61 bits per heavy atom. The molecule has 0 spiro atoms. The molecule has 6 heteroatoms. The van der Waals surface area contributed by atoms with Crippen LogP contribution < -0.4 is 5.32 Å². The first-order chi connectivity index (χ1) is 15.9. The number of urea groups is 1. The second-order valence-corrected chi connectivity index (χ2v) is 8.11. The third kappa shape index (κ3) is 6.59. The molecule has 1 aromatic heterocycles. The molecular weight excluding hydrogens is 414 g/mol. The third-order valence-electron chi connectivity index (χ3n) is 5.39. The summed E-state index contributed by atoms with van der Waals surface area (Å²) in [6.45, 7) is 10.4. The van der Waals surface area contributed by atoms with Crippen molar-refractivity contribution in [2.75, 3.05) is 18.4 Å². The van der Waals surface area contributed by atoms with Crippen LogP contribution in [0.25, 0.3) is 0 Å². The first-order valence-corrected chi connectivity index (χ1v) is 11.0. The molecule has 0 aliphatic rings. The molecule has 6 nitrogen and oxygen atoms in total. The number of nitrogens with one attached hydrogen (secondary N) is 1. The second-order valence-electron chi connectivity index (χ2n) is 8.11. The normalized spacial score (nSPS) is 10.5. The molecule has 0 unspecified atom stereocenters. The van der Waals surface area contributed by atoms with Gasteiger partial charge in [0.2, 0.25) is 5.91 Å². The largest absolute Gasteiger partial charge is 0.464 e. The summed E-state index contributed by atoms with van der Waals surface area (Å²) < 4.78 is 5.70. The highest BCUT2D eigenvalue weighted by Crippen LogP contribution is 2.20. The molecular formula is C27H31N3O3. The molecule has 0 radical (unpaired) electrons. The monoisotopic (exact) mass is 445 g/mol. The third-order valence-corrected chi connectivity index (χ3v) is 5.39. The summed E-state index contributed by atoms with van der Waals surface area (Å²) in [6, 6.07) is 19.0. The zero-order valence-electron chi connectivity index (χ0n) is 19.5. The van der Waals surface area contributed by atoms with Crippen LogP contribution in [0, 0.1) is 20.8 Å². The van der Waals surface area contributed by atoms with Gasteiger partial charge in [0.25, 0.3) is 0 Å². The molecule has 0 saturated heterocycles. The minimum Gasteiger partial charge on any atom is -0.464 e. The number of furan rings is 1. The molecule has 33 heavy (non-hydrogen) atoms. The molecule has 0 atom stereocenters. The number of benzene rings is 2. The summed E-state index contributed by atoms with van der Waals surface area (Å²) in [7, 11) is 0. The number of hydrogen-bond acceptors (Lipinski definition) is 3. The van der Waals surface area contributed by atoms with E-state index >= 15 is 0 Å². The van der Waals surface area contributed by atoms with Crippen LogP contribution in [0.5, 0.6) is 0 Å². The van der Waals surface area contributed by atoms with Gasteiger partial charge in [-0.1, -0.05) is 54.6 Å². The summed E-state index contributed by atoms with van der Waals surface area (Å²) in [5.74, 6) is 1.32. The van der Waals surface area contributed by atoms with Gasteiger partial charge in [-0.2, -0.15) is 0 Å². The van der Waals surface area contributed by atoms with E-state index in [4.69, 9.17) is 4.42 Å². The maximum absolute atomic E-state index is 13.4. The van der Waals surface area contributed by atoms with Crippen LogP contribution in [0.15, 0.2) is 77.7 Å². The Morgan fingerprint density at radius 1 is 0.909 bits per heavy atom. The van der Waals surface area contributed by atoms with Crippen molar-refractivity contribution in [3.63, 3.8) is 0 Å². The van der Waals surface area contributed by atoms with Crippen LogP contribution in [0.1, 0.15) is 28.2 Å². The van der Waals surface area contributed by atoms with Crippen LogP contribution in [-0.4, -0.2) is 34.8 Å².